The predicted molar refractivity (Wildman–Crippen MR) is 70.1 cm³/mol. The second-order valence-corrected chi connectivity index (χ2v) is 5.37. The molecular weight excluding hydrogens is 242 g/mol. The summed E-state index contributed by atoms with van der Waals surface area (Å²) in [5, 5.41) is 9.66. The Morgan fingerprint density at radius 1 is 1.26 bits per heavy atom. The molecule has 4 atom stereocenters. The maximum atomic E-state index is 9.66. The number of aliphatic hydroxyl groups is 1. The lowest BCUT2D eigenvalue weighted by molar-refractivity contribution is 0.168. The van der Waals surface area contributed by atoms with Gasteiger partial charge in [-0.05, 0) is 18.3 Å². The molecule has 2 aliphatic rings. The lowest BCUT2D eigenvalue weighted by Gasteiger charge is -2.27. The maximum absolute atomic E-state index is 9.66. The van der Waals surface area contributed by atoms with E-state index in [2.05, 4.69) is 31.7 Å². The van der Waals surface area contributed by atoms with Gasteiger partial charge in [0.15, 0.2) is 11.5 Å². The Morgan fingerprint density at radius 3 is 2.95 bits per heavy atom. The third-order valence-corrected chi connectivity index (χ3v) is 4.50. The van der Waals surface area contributed by atoms with Gasteiger partial charge in [-0.15, -0.1) is 0 Å². The number of aromatic nitrogens is 4. The molecule has 2 aromatic heterocycles. The molecule has 1 fully saturated rings. The van der Waals surface area contributed by atoms with E-state index < -0.39 is 0 Å². The Kier molecular flexibility index (Phi) is 2.17. The second kappa shape index (κ2) is 3.77. The first-order valence-corrected chi connectivity index (χ1v) is 6.52. The number of hydrogen-bond acceptors (Lipinski definition) is 5. The van der Waals surface area contributed by atoms with Crippen LogP contribution in [0.25, 0.3) is 11.2 Å². The van der Waals surface area contributed by atoms with Crippen molar-refractivity contribution in [3.8, 4) is 0 Å². The SMILES string of the molecule is Nc1ncnc2c1ncn2[C@@H]1[C@@H](CO)[C@@H]2C=C[C@H]1C2. The molecule has 2 aliphatic carbocycles. The highest BCUT2D eigenvalue weighted by Gasteiger charge is 2.45. The molecule has 2 aromatic rings. The molecule has 0 saturated heterocycles. The fourth-order valence-corrected chi connectivity index (χ4v) is 3.64. The number of anilines is 1. The number of aliphatic hydroxyl groups excluding tert-OH is 1. The number of rotatable bonds is 2. The Balaban J connectivity index is 1.87. The van der Waals surface area contributed by atoms with Crippen molar-refractivity contribution in [2.24, 2.45) is 17.8 Å². The van der Waals surface area contributed by atoms with E-state index in [0.29, 0.717) is 23.2 Å². The highest BCUT2D eigenvalue weighted by molar-refractivity contribution is 5.81. The highest BCUT2D eigenvalue weighted by Crippen LogP contribution is 2.50. The third-order valence-electron chi connectivity index (χ3n) is 4.50. The largest absolute Gasteiger partial charge is 0.396 e. The number of nitrogen functional groups attached to an aromatic ring is 1. The van der Waals surface area contributed by atoms with Crippen LogP contribution in [0.4, 0.5) is 5.82 Å². The average Bonchev–Trinajstić information content (AvgIpc) is 3.11. The minimum absolute atomic E-state index is 0.191. The van der Waals surface area contributed by atoms with Gasteiger partial charge in [-0.3, -0.25) is 0 Å². The molecule has 19 heavy (non-hydrogen) atoms. The van der Waals surface area contributed by atoms with E-state index in [1.165, 1.54) is 6.33 Å². The van der Waals surface area contributed by atoms with Crippen molar-refractivity contribution in [2.75, 3.05) is 12.3 Å². The number of nitrogens with two attached hydrogens (primary N) is 1. The van der Waals surface area contributed by atoms with Gasteiger partial charge in [-0.2, -0.15) is 0 Å². The number of allylic oxidation sites excluding steroid dienone is 2. The first-order chi connectivity index (χ1) is 9.29. The van der Waals surface area contributed by atoms with Gasteiger partial charge in [0, 0.05) is 18.6 Å². The first kappa shape index (κ1) is 10.9. The summed E-state index contributed by atoms with van der Waals surface area (Å²) < 4.78 is 2.06. The quantitative estimate of drug-likeness (QED) is 0.775. The highest BCUT2D eigenvalue weighted by atomic mass is 16.3. The molecule has 0 radical (unpaired) electrons. The molecule has 2 heterocycles. The van der Waals surface area contributed by atoms with Gasteiger partial charge in [0.25, 0.3) is 0 Å². The lowest BCUT2D eigenvalue weighted by Crippen LogP contribution is -2.26. The molecule has 6 heteroatoms. The van der Waals surface area contributed by atoms with Crippen LogP contribution in [0.15, 0.2) is 24.8 Å². The molecule has 4 rings (SSSR count). The van der Waals surface area contributed by atoms with Gasteiger partial charge in [0.1, 0.15) is 11.8 Å². The van der Waals surface area contributed by atoms with Crippen LogP contribution in [0.1, 0.15) is 12.5 Å². The fourth-order valence-electron chi connectivity index (χ4n) is 3.64. The van der Waals surface area contributed by atoms with Crippen molar-refractivity contribution in [1.29, 1.82) is 0 Å². The van der Waals surface area contributed by atoms with E-state index in [1.54, 1.807) is 6.33 Å². The summed E-state index contributed by atoms with van der Waals surface area (Å²) >= 11 is 0. The number of nitrogens with zero attached hydrogens (tertiary/aromatic N) is 4. The van der Waals surface area contributed by atoms with Crippen molar-refractivity contribution in [3.05, 3.63) is 24.8 Å². The molecule has 0 spiro atoms. The zero-order valence-electron chi connectivity index (χ0n) is 10.3. The van der Waals surface area contributed by atoms with Crippen molar-refractivity contribution in [1.82, 2.24) is 19.5 Å². The van der Waals surface area contributed by atoms with Gasteiger partial charge >= 0.3 is 0 Å². The van der Waals surface area contributed by atoms with Crippen molar-refractivity contribution in [2.45, 2.75) is 12.5 Å². The Labute approximate surface area is 110 Å². The normalized spacial score (nSPS) is 32.5. The maximum Gasteiger partial charge on any atom is 0.165 e. The minimum atomic E-state index is 0.191. The van der Waals surface area contributed by atoms with E-state index in [1.807, 2.05) is 0 Å². The van der Waals surface area contributed by atoms with Crippen LogP contribution < -0.4 is 5.73 Å². The summed E-state index contributed by atoms with van der Waals surface area (Å²) in [6, 6.07) is 0.222. The zero-order chi connectivity index (χ0) is 13.0. The van der Waals surface area contributed by atoms with Gasteiger partial charge < -0.3 is 15.4 Å². The smallest absolute Gasteiger partial charge is 0.165 e. The topological polar surface area (TPSA) is 89.9 Å². The van der Waals surface area contributed by atoms with E-state index >= 15 is 0 Å². The van der Waals surface area contributed by atoms with E-state index in [-0.39, 0.29) is 18.6 Å². The molecule has 0 unspecified atom stereocenters. The standard InChI is InChI=1S/C13H15N5O/c14-12-10-13(16-5-15-12)18(6-17-10)11-8-2-1-7(3-8)9(11)4-19/h1-2,5-9,11,19H,3-4H2,(H2,14,15,16)/t7-,8+,9+,11+/m1/s1. The first-order valence-electron chi connectivity index (χ1n) is 6.52. The van der Waals surface area contributed by atoms with E-state index in [4.69, 9.17) is 5.73 Å². The number of imidazole rings is 1. The predicted octanol–water partition coefficient (Wildman–Crippen LogP) is 0.764. The number of fused-ring (bicyclic) bond motifs is 3. The molecule has 0 aliphatic heterocycles. The molecule has 98 valence electrons. The molecule has 3 N–H and O–H groups in total. The summed E-state index contributed by atoms with van der Waals surface area (Å²) in [5.41, 5.74) is 7.23. The number of hydrogen-bond donors (Lipinski definition) is 2. The molecule has 1 saturated carbocycles. The zero-order valence-corrected chi connectivity index (χ0v) is 10.3. The summed E-state index contributed by atoms with van der Waals surface area (Å²) in [7, 11) is 0. The minimum Gasteiger partial charge on any atom is -0.396 e. The van der Waals surface area contributed by atoms with Crippen molar-refractivity contribution >= 4 is 17.0 Å². The second-order valence-electron chi connectivity index (χ2n) is 5.37. The third kappa shape index (κ3) is 1.37. The van der Waals surface area contributed by atoms with E-state index in [0.717, 1.165) is 12.1 Å². The Hall–Kier alpha value is -1.95. The lowest BCUT2D eigenvalue weighted by atomic mass is 9.89. The molecule has 2 bridgehead atoms. The average molecular weight is 257 g/mol. The van der Waals surface area contributed by atoms with Crippen LogP contribution in [0.5, 0.6) is 0 Å². The summed E-state index contributed by atoms with van der Waals surface area (Å²) in [6.45, 7) is 0.191. The van der Waals surface area contributed by atoms with Gasteiger partial charge in [-0.1, -0.05) is 12.2 Å². The van der Waals surface area contributed by atoms with Gasteiger partial charge in [0.05, 0.1) is 6.33 Å². The molecule has 6 nitrogen and oxygen atoms in total. The monoisotopic (exact) mass is 257 g/mol. The van der Waals surface area contributed by atoms with Crippen LogP contribution >= 0.6 is 0 Å². The van der Waals surface area contributed by atoms with Crippen LogP contribution in [-0.2, 0) is 0 Å². The van der Waals surface area contributed by atoms with Gasteiger partial charge in [-0.25, -0.2) is 15.0 Å². The molecular formula is C13H15N5O. The van der Waals surface area contributed by atoms with Crippen LogP contribution in [0.2, 0.25) is 0 Å². The van der Waals surface area contributed by atoms with Crippen molar-refractivity contribution in [3.63, 3.8) is 0 Å². The summed E-state index contributed by atoms with van der Waals surface area (Å²) in [5.74, 6) is 1.57. The fraction of sp³-hybridized carbons (Fsp3) is 0.462. The van der Waals surface area contributed by atoms with Crippen LogP contribution in [-0.4, -0.2) is 31.2 Å². The summed E-state index contributed by atoms with van der Waals surface area (Å²) in [6.07, 6.45) is 8.82. The van der Waals surface area contributed by atoms with Gasteiger partial charge in [0.2, 0.25) is 0 Å². The van der Waals surface area contributed by atoms with E-state index in [9.17, 15) is 5.11 Å². The summed E-state index contributed by atoms with van der Waals surface area (Å²) in [4.78, 5) is 12.6. The molecule has 0 aromatic carbocycles. The van der Waals surface area contributed by atoms with Crippen LogP contribution in [0, 0.1) is 17.8 Å². The molecule has 0 amide bonds. The Morgan fingerprint density at radius 2 is 2.11 bits per heavy atom. The Bertz CT molecular complexity index is 664. The van der Waals surface area contributed by atoms with Crippen LogP contribution in [0.3, 0.4) is 0 Å². The van der Waals surface area contributed by atoms with Crippen molar-refractivity contribution < 1.29 is 5.11 Å².